The van der Waals surface area contributed by atoms with Crippen molar-refractivity contribution in [2.24, 2.45) is 0 Å². The third-order valence-electron chi connectivity index (χ3n) is 7.68. The van der Waals surface area contributed by atoms with Crippen LogP contribution >= 0.6 is 0 Å². The average Bonchev–Trinajstić information content (AvgIpc) is 3.53. The maximum absolute atomic E-state index is 13.6. The van der Waals surface area contributed by atoms with Gasteiger partial charge in [0.15, 0.2) is 0 Å². The van der Waals surface area contributed by atoms with Gasteiger partial charge < -0.3 is 34.5 Å². The Labute approximate surface area is 257 Å². The number of amides is 2. The van der Waals surface area contributed by atoms with Gasteiger partial charge in [0.05, 0.1) is 31.5 Å². The van der Waals surface area contributed by atoms with Gasteiger partial charge in [-0.3, -0.25) is 14.4 Å². The molecule has 1 aromatic carbocycles. The van der Waals surface area contributed by atoms with Crippen LogP contribution in [0.15, 0.2) is 42.5 Å². The van der Waals surface area contributed by atoms with Crippen LogP contribution in [0.2, 0.25) is 0 Å². The van der Waals surface area contributed by atoms with E-state index >= 15 is 0 Å². The van der Waals surface area contributed by atoms with E-state index in [1.165, 1.54) is 9.96 Å². The van der Waals surface area contributed by atoms with Crippen LogP contribution in [0.25, 0.3) is 11.3 Å². The van der Waals surface area contributed by atoms with E-state index < -0.39 is 30.0 Å². The van der Waals surface area contributed by atoms with E-state index in [1.807, 2.05) is 43.3 Å². The van der Waals surface area contributed by atoms with Crippen molar-refractivity contribution in [1.82, 2.24) is 20.3 Å². The maximum Gasteiger partial charge on any atom is 0.527 e. The Hall–Kier alpha value is -4.23. The zero-order chi connectivity index (χ0) is 31.5. The number of carboxylic acid groups (broad SMARTS) is 1. The van der Waals surface area contributed by atoms with Gasteiger partial charge in [-0.1, -0.05) is 43.7 Å². The Balaban J connectivity index is 1.47. The molecule has 0 aliphatic carbocycles. The molecule has 0 radical (unpaired) electrons. The first-order valence-electron chi connectivity index (χ1n) is 15.0. The number of ether oxygens (including phenoxy) is 2. The fourth-order valence-corrected chi connectivity index (χ4v) is 5.14. The number of methoxy groups -OCH3 is 1. The number of hydrogen-bond donors (Lipinski definition) is 2. The first kappa shape index (κ1) is 32.7. The lowest BCUT2D eigenvalue weighted by Gasteiger charge is -2.35. The van der Waals surface area contributed by atoms with E-state index in [0.717, 1.165) is 37.1 Å². The Morgan fingerprint density at radius 3 is 2.48 bits per heavy atom. The van der Waals surface area contributed by atoms with Gasteiger partial charge in [-0.2, -0.15) is 0 Å². The fraction of sp³-hybridized carbons (Fsp3) is 0.516. The second-order valence-electron chi connectivity index (χ2n) is 10.8. The van der Waals surface area contributed by atoms with Crippen molar-refractivity contribution in [3.8, 4) is 11.3 Å². The van der Waals surface area contributed by atoms with E-state index in [0.29, 0.717) is 12.2 Å². The molecule has 1 aromatic heterocycles. The number of nitrogens with zero attached hydrogens (tertiary/aromatic N) is 4. The molecule has 238 valence electrons. The van der Waals surface area contributed by atoms with Crippen LogP contribution in [0.5, 0.6) is 0 Å². The number of unbranched alkanes of at least 4 members (excludes halogenated alkanes) is 1. The van der Waals surface area contributed by atoms with Crippen molar-refractivity contribution in [3.05, 3.63) is 48.2 Å². The molecule has 2 fully saturated rings. The van der Waals surface area contributed by atoms with Crippen molar-refractivity contribution in [2.75, 3.05) is 57.9 Å². The van der Waals surface area contributed by atoms with Crippen molar-refractivity contribution in [3.63, 3.8) is 0 Å². The minimum Gasteiger partial charge on any atom is -0.481 e. The molecular weight excluding hydrogens is 570 g/mol. The number of carboxylic acids is 1. The third-order valence-corrected chi connectivity index (χ3v) is 7.68. The number of hydroxylamine groups is 2. The van der Waals surface area contributed by atoms with Crippen LogP contribution in [0.4, 0.5) is 10.5 Å². The molecule has 2 atom stereocenters. The predicted molar refractivity (Wildman–Crippen MR) is 161 cm³/mol. The topological polar surface area (TPSA) is 151 Å². The molecule has 13 nitrogen and oxygen atoms in total. The Morgan fingerprint density at radius 2 is 1.82 bits per heavy atom. The molecule has 2 amide bonds. The number of nitrogens with one attached hydrogen (secondary N) is 1. The molecule has 2 N–H and O–H groups in total. The van der Waals surface area contributed by atoms with Crippen molar-refractivity contribution in [2.45, 2.75) is 51.2 Å². The number of aliphatic carboxylic acids is 1. The number of benzene rings is 1. The number of anilines is 1. The largest absolute Gasteiger partial charge is 0.527 e. The minimum atomic E-state index is -1.08. The monoisotopic (exact) mass is 611 g/mol. The van der Waals surface area contributed by atoms with E-state index in [4.69, 9.17) is 14.3 Å². The standard InChI is InChI=1S/C31H41N5O8/c1-3-4-18-43-31(41)44-36-16-14-34(15-17-36)30(40)25(10-11-28(37)38)33-29(39)27-20-23(35-13-12-24(21-35)42-2)19-26(32-27)22-8-6-5-7-9-22/h5-9,19-20,24-25H,3-4,10-18,21H2,1-2H3,(H,33,39)(H,37,38)/t24-,25-/m0/s1. The summed E-state index contributed by atoms with van der Waals surface area (Å²) >= 11 is 0. The number of carbonyl (C=O) groups excluding carboxylic acids is 3. The van der Waals surface area contributed by atoms with Gasteiger partial charge >= 0.3 is 12.1 Å². The smallest absolute Gasteiger partial charge is 0.481 e. The summed E-state index contributed by atoms with van der Waals surface area (Å²) in [6.07, 6.45) is 1.37. The van der Waals surface area contributed by atoms with Gasteiger partial charge in [0, 0.05) is 51.0 Å². The molecule has 0 bridgehead atoms. The van der Waals surface area contributed by atoms with Crippen molar-refractivity contribution < 1.29 is 38.6 Å². The van der Waals surface area contributed by atoms with Gasteiger partial charge in [-0.15, -0.1) is 5.06 Å². The first-order valence-corrected chi connectivity index (χ1v) is 15.0. The van der Waals surface area contributed by atoms with Gasteiger partial charge in [0.25, 0.3) is 5.91 Å². The minimum absolute atomic E-state index is 0.0798. The molecule has 44 heavy (non-hydrogen) atoms. The lowest BCUT2D eigenvalue weighted by Crippen LogP contribution is -2.55. The molecule has 4 rings (SSSR count). The maximum atomic E-state index is 13.6. The molecule has 2 aliphatic rings. The molecule has 2 aliphatic heterocycles. The van der Waals surface area contributed by atoms with Gasteiger partial charge in [-0.25, -0.2) is 9.78 Å². The number of hydrogen-bond acceptors (Lipinski definition) is 10. The van der Waals surface area contributed by atoms with Crippen LogP contribution < -0.4 is 10.2 Å². The van der Waals surface area contributed by atoms with Crippen LogP contribution in [0, 0.1) is 0 Å². The SMILES string of the molecule is CCCCOC(=O)ON1CCN(C(=O)[C@H](CCC(=O)O)NC(=O)c2cc(N3CC[C@H](OC)C3)cc(-c3ccccc3)n2)CC1. The Morgan fingerprint density at radius 1 is 1.07 bits per heavy atom. The predicted octanol–water partition coefficient (Wildman–Crippen LogP) is 2.95. The highest BCUT2D eigenvalue weighted by molar-refractivity contribution is 5.97. The normalized spacial score (nSPS) is 17.6. The van der Waals surface area contributed by atoms with Gasteiger partial charge in [0.2, 0.25) is 5.91 Å². The summed E-state index contributed by atoms with van der Waals surface area (Å²) in [4.78, 5) is 64.0. The summed E-state index contributed by atoms with van der Waals surface area (Å²) in [5.74, 6) is -2.07. The number of carbonyl (C=O) groups is 4. The van der Waals surface area contributed by atoms with Crippen LogP contribution in [0.3, 0.4) is 0 Å². The summed E-state index contributed by atoms with van der Waals surface area (Å²) in [5.41, 5.74) is 2.36. The fourth-order valence-electron chi connectivity index (χ4n) is 5.14. The van der Waals surface area contributed by atoms with E-state index in [9.17, 15) is 24.3 Å². The summed E-state index contributed by atoms with van der Waals surface area (Å²) in [6, 6.07) is 12.0. The lowest BCUT2D eigenvalue weighted by atomic mass is 10.1. The highest BCUT2D eigenvalue weighted by Gasteiger charge is 2.31. The van der Waals surface area contributed by atoms with Gasteiger partial charge in [-0.05, 0) is 31.4 Å². The van der Waals surface area contributed by atoms with Crippen LogP contribution in [-0.4, -0.2) is 109 Å². The van der Waals surface area contributed by atoms with Crippen LogP contribution in [0.1, 0.15) is 49.5 Å². The first-order chi connectivity index (χ1) is 21.3. The zero-order valence-corrected chi connectivity index (χ0v) is 25.3. The van der Waals surface area contributed by atoms with E-state index in [2.05, 4.69) is 15.2 Å². The number of aromatic nitrogens is 1. The number of rotatable bonds is 13. The van der Waals surface area contributed by atoms with Gasteiger partial charge in [0.1, 0.15) is 11.7 Å². The number of pyridine rings is 1. The molecular formula is C31H41N5O8. The zero-order valence-electron chi connectivity index (χ0n) is 25.3. The third kappa shape index (κ3) is 9.13. The highest BCUT2D eigenvalue weighted by atomic mass is 16.8. The molecule has 0 spiro atoms. The van der Waals surface area contributed by atoms with Crippen molar-refractivity contribution >= 4 is 29.6 Å². The second kappa shape index (κ2) is 16.0. The molecule has 13 heteroatoms. The summed E-state index contributed by atoms with van der Waals surface area (Å²) in [6.45, 7) is 4.62. The van der Waals surface area contributed by atoms with E-state index in [-0.39, 0.29) is 57.4 Å². The molecule has 0 saturated carbocycles. The molecule has 2 aromatic rings. The van der Waals surface area contributed by atoms with E-state index in [1.54, 1.807) is 13.2 Å². The number of piperazine rings is 1. The Bertz CT molecular complexity index is 1290. The summed E-state index contributed by atoms with van der Waals surface area (Å²) < 4.78 is 10.5. The molecule has 0 unspecified atom stereocenters. The van der Waals surface area contributed by atoms with Crippen molar-refractivity contribution in [1.29, 1.82) is 0 Å². The Kier molecular flexibility index (Phi) is 11.9. The second-order valence-corrected chi connectivity index (χ2v) is 10.8. The average molecular weight is 612 g/mol. The highest BCUT2D eigenvalue weighted by Crippen LogP contribution is 2.27. The summed E-state index contributed by atoms with van der Waals surface area (Å²) in [5, 5.41) is 13.5. The van der Waals surface area contributed by atoms with Crippen LogP contribution in [-0.2, 0) is 23.9 Å². The molecule has 3 heterocycles. The quantitative estimate of drug-likeness (QED) is 0.254. The lowest BCUT2D eigenvalue weighted by molar-refractivity contribution is -0.158. The molecule has 2 saturated heterocycles. The summed E-state index contributed by atoms with van der Waals surface area (Å²) in [7, 11) is 1.68.